The minimum atomic E-state index is -0.905. The number of hydrogen-bond acceptors (Lipinski definition) is 5. The fourth-order valence-electron chi connectivity index (χ4n) is 4.22. The zero-order valence-corrected chi connectivity index (χ0v) is 25.2. The Balaban J connectivity index is -0.000000269. The molecule has 0 saturated carbocycles. The third-order valence-corrected chi connectivity index (χ3v) is 6.47. The number of rotatable bonds is 26. The van der Waals surface area contributed by atoms with Crippen molar-refractivity contribution in [2.45, 2.75) is 181 Å². The van der Waals surface area contributed by atoms with Crippen molar-refractivity contribution in [3.05, 3.63) is 0 Å². The number of unbranched alkanes of at least 4 members (excludes halogenated alkanes) is 22. The average Bonchev–Trinajstić information content (AvgIpc) is 2.80. The van der Waals surface area contributed by atoms with Crippen LogP contribution in [0.15, 0.2) is 0 Å². The van der Waals surface area contributed by atoms with Gasteiger partial charge in [-0.05, 0) is 25.7 Å². The second-order valence-electron chi connectivity index (χ2n) is 10.0. The van der Waals surface area contributed by atoms with Gasteiger partial charge in [0.15, 0.2) is 0 Å². The number of aliphatic carboxylic acids is 2. The van der Waals surface area contributed by atoms with E-state index in [1.165, 1.54) is 128 Å². The molecule has 0 unspecified atom stereocenters. The van der Waals surface area contributed by atoms with Crippen LogP contribution in [0.2, 0.25) is 0 Å². The van der Waals surface area contributed by atoms with Gasteiger partial charge >= 0.3 is 17.4 Å². The second-order valence-corrected chi connectivity index (χ2v) is 10.0. The molecule has 0 fully saturated rings. The van der Waals surface area contributed by atoms with Crippen LogP contribution in [0.1, 0.15) is 181 Å². The molecule has 0 aromatic heterocycles. The van der Waals surface area contributed by atoms with Gasteiger partial charge in [0.1, 0.15) is 0 Å². The van der Waals surface area contributed by atoms with Gasteiger partial charge in [0.25, 0.3) is 0 Å². The van der Waals surface area contributed by atoms with Crippen LogP contribution in [0.3, 0.4) is 0 Å². The van der Waals surface area contributed by atoms with Crippen LogP contribution in [0, 0.1) is 0 Å². The molecule has 0 aliphatic carbocycles. The molecule has 0 amide bonds. The van der Waals surface area contributed by atoms with Crippen molar-refractivity contribution in [2.24, 2.45) is 0 Å². The topological polar surface area (TPSA) is 110 Å². The standard InChI is InChI=1S/2C15H30O2.Al.H2O/c2*1-2-3-4-5-6-7-8-9-10-11-12-13-14-15(16)17;;/h2*2-14H2,1H3,(H,16,17);;1H2/q;;+3;/p-3. The van der Waals surface area contributed by atoms with E-state index in [1.54, 1.807) is 0 Å². The maximum absolute atomic E-state index is 10.2. The smallest absolute Gasteiger partial charge is 0.870 e. The SMILES string of the molecule is CCCCCCCCCCCCCCC(=O)[O-].CCCCCCCCCCCCCCC(=O)[O-].[Al+3].[OH-]. The minimum absolute atomic E-state index is 0. The Morgan fingerprint density at radius 2 is 0.556 bits per heavy atom. The number of carbonyl (C=O) groups is 2. The van der Waals surface area contributed by atoms with Gasteiger partial charge in [0.2, 0.25) is 0 Å². The Hall–Kier alpha value is -0.568. The van der Waals surface area contributed by atoms with Crippen LogP contribution >= 0.6 is 0 Å². The van der Waals surface area contributed by atoms with Crippen LogP contribution in [0.5, 0.6) is 0 Å². The summed E-state index contributed by atoms with van der Waals surface area (Å²) in [6, 6.07) is 0. The predicted molar refractivity (Wildman–Crippen MR) is 149 cm³/mol. The zero-order chi connectivity index (χ0) is 25.5. The maximum atomic E-state index is 10.2. The quantitative estimate of drug-likeness (QED) is 0.0882. The summed E-state index contributed by atoms with van der Waals surface area (Å²) in [6.07, 6.45) is 31.0. The van der Waals surface area contributed by atoms with Gasteiger partial charge in [-0.25, -0.2) is 0 Å². The fourth-order valence-corrected chi connectivity index (χ4v) is 4.22. The molecule has 5 nitrogen and oxygen atoms in total. The van der Waals surface area contributed by atoms with E-state index in [1.807, 2.05) is 0 Å². The largest absolute Gasteiger partial charge is 3.00 e. The number of carboxylic acids is 2. The van der Waals surface area contributed by atoms with E-state index in [4.69, 9.17) is 0 Å². The molecule has 36 heavy (non-hydrogen) atoms. The van der Waals surface area contributed by atoms with E-state index in [2.05, 4.69) is 13.8 Å². The third-order valence-electron chi connectivity index (χ3n) is 6.47. The van der Waals surface area contributed by atoms with Crippen molar-refractivity contribution in [3.63, 3.8) is 0 Å². The van der Waals surface area contributed by atoms with Crippen molar-refractivity contribution in [1.82, 2.24) is 0 Å². The van der Waals surface area contributed by atoms with Crippen LogP contribution in [0.25, 0.3) is 0 Å². The molecule has 0 atom stereocenters. The van der Waals surface area contributed by atoms with Gasteiger partial charge in [-0.3, -0.25) is 0 Å². The summed E-state index contributed by atoms with van der Waals surface area (Å²) in [5.74, 6) is -1.81. The first-order valence-corrected chi connectivity index (χ1v) is 14.9. The summed E-state index contributed by atoms with van der Waals surface area (Å²) < 4.78 is 0. The minimum Gasteiger partial charge on any atom is -0.870 e. The zero-order valence-electron chi connectivity index (χ0n) is 24.0. The molecule has 1 N–H and O–H groups in total. The first kappa shape index (κ1) is 42.5. The van der Waals surface area contributed by atoms with Crippen molar-refractivity contribution in [1.29, 1.82) is 0 Å². The Morgan fingerprint density at radius 1 is 0.389 bits per heavy atom. The first-order valence-electron chi connectivity index (χ1n) is 14.9. The third kappa shape index (κ3) is 46.7. The fraction of sp³-hybridized carbons (Fsp3) is 0.933. The van der Waals surface area contributed by atoms with Crippen LogP contribution in [-0.2, 0) is 9.59 Å². The van der Waals surface area contributed by atoms with E-state index in [0.717, 1.165) is 25.7 Å². The summed E-state index contributed by atoms with van der Waals surface area (Å²) in [5.41, 5.74) is 0. The molecule has 0 radical (unpaired) electrons. The van der Waals surface area contributed by atoms with Gasteiger partial charge < -0.3 is 25.3 Å². The second kappa shape index (κ2) is 39.0. The van der Waals surface area contributed by atoms with Gasteiger partial charge in [-0.1, -0.05) is 155 Å². The van der Waals surface area contributed by atoms with Crippen LogP contribution < -0.4 is 10.2 Å². The molecular formula is C30H59AlO5. The maximum Gasteiger partial charge on any atom is 3.00 e. The molecule has 0 spiro atoms. The molecular weight excluding hydrogens is 467 g/mol. The van der Waals surface area contributed by atoms with Crippen LogP contribution in [-0.4, -0.2) is 34.8 Å². The molecule has 0 aliphatic rings. The Morgan fingerprint density at radius 3 is 0.722 bits per heavy atom. The molecule has 0 saturated heterocycles. The van der Waals surface area contributed by atoms with E-state index in [9.17, 15) is 19.8 Å². The summed E-state index contributed by atoms with van der Waals surface area (Å²) in [6.45, 7) is 4.50. The van der Waals surface area contributed by atoms with Gasteiger partial charge in [-0.2, -0.15) is 0 Å². The van der Waals surface area contributed by atoms with E-state index in [-0.39, 0.29) is 35.7 Å². The number of carboxylic acid groups (broad SMARTS) is 2. The molecule has 0 heterocycles. The summed E-state index contributed by atoms with van der Waals surface area (Å²) in [4.78, 5) is 20.3. The van der Waals surface area contributed by atoms with Crippen LogP contribution in [0.4, 0.5) is 0 Å². The molecule has 0 aromatic carbocycles. The Kier molecular flexibility index (Phi) is 46.0. The molecule has 0 bridgehead atoms. The van der Waals surface area contributed by atoms with E-state index in [0.29, 0.717) is 0 Å². The number of carbonyl (C=O) groups excluding carboxylic acids is 2. The van der Waals surface area contributed by atoms with Gasteiger partial charge in [0.05, 0.1) is 0 Å². The number of hydrogen-bond donors (Lipinski definition) is 0. The van der Waals surface area contributed by atoms with Crippen molar-refractivity contribution in [2.75, 3.05) is 0 Å². The van der Waals surface area contributed by atoms with Crippen molar-refractivity contribution < 1.29 is 25.3 Å². The first-order chi connectivity index (χ1) is 16.5. The normalized spacial score (nSPS) is 10.1. The monoisotopic (exact) mass is 526 g/mol. The molecule has 212 valence electrons. The van der Waals surface area contributed by atoms with E-state index < -0.39 is 11.9 Å². The van der Waals surface area contributed by atoms with Crippen molar-refractivity contribution in [3.8, 4) is 0 Å². The summed E-state index contributed by atoms with van der Waals surface area (Å²) in [5, 5.41) is 20.3. The molecule has 0 aromatic rings. The van der Waals surface area contributed by atoms with E-state index >= 15 is 0 Å². The Bertz CT molecular complexity index is 380. The summed E-state index contributed by atoms with van der Waals surface area (Å²) in [7, 11) is 0. The Labute approximate surface area is 235 Å². The summed E-state index contributed by atoms with van der Waals surface area (Å²) >= 11 is 0. The predicted octanol–water partition coefficient (Wildman–Crippen LogP) is 7.10. The van der Waals surface area contributed by atoms with Crippen molar-refractivity contribution >= 4 is 29.3 Å². The molecule has 0 aliphatic heterocycles. The average molecular weight is 527 g/mol. The molecule has 0 rings (SSSR count). The van der Waals surface area contributed by atoms with Gasteiger partial charge in [0, 0.05) is 11.9 Å². The molecule has 6 heteroatoms. The van der Waals surface area contributed by atoms with Gasteiger partial charge in [-0.15, -0.1) is 0 Å².